The molecule has 0 amide bonds. The number of Topliss-reactive ketones (excluding diaryl/α,β-unsaturated/α-hetero) is 2. The number of carboxylic acid groups (broad SMARTS) is 1. The zero-order chi connectivity index (χ0) is 24.3. The smallest absolute Gasteiger partial charge is 0.305 e. The van der Waals surface area contributed by atoms with Gasteiger partial charge in [-0.1, -0.05) is 43.6 Å². The summed E-state index contributed by atoms with van der Waals surface area (Å²) in [5.74, 6) is -1.63. The number of phenolic OH excluding ortho intramolecular Hbond substituents is 1. The molecule has 0 bridgehead atoms. The van der Waals surface area contributed by atoms with Gasteiger partial charge in [0.1, 0.15) is 5.75 Å². The molecule has 3 aliphatic rings. The molecule has 0 spiro atoms. The molecular formula is C26H30BrNO5. The number of nitrogens with zero attached hydrogens (tertiary/aromatic N) is 1. The maximum Gasteiger partial charge on any atom is 0.305 e. The van der Waals surface area contributed by atoms with E-state index in [1.165, 1.54) is 0 Å². The van der Waals surface area contributed by atoms with Crippen molar-refractivity contribution in [2.75, 3.05) is 6.54 Å². The molecule has 1 aromatic carbocycles. The average Bonchev–Trinajstić information content (AvgIpc) is 2.65. The highest BCUT2D eigenvalue weighted by molar-refractivity contribution is 9.10. The number of aromatic hydroxyl groups is 1. The van der Waals surface area contributed by atoms with Crippen LogP contribution in [-0.4, -0.2) is 39.2 Å². The molecule has 6 nitrogen and oxygen atoms in total. The first-order valence-electron chi connectivity index (χ1n) is 11.3. The van der Waals surface area contributed by atoms with Crippen molar-refractivity contribution in [3.8, 4) is 5.75 Å². The van der Waals surface area contributed by atoms with Gasteiger partial charge in [-0.25, -0.2) is 0 Å². The summed E-state index contributed by atoms with van der Waals surface area (Å²) in [7, 11) is 0. The van der Waals surface area contributed by atoms with Crippen LogP contribution < -0.4 is 0 Å². The average molecular weight is 516 g/mol. The van der Waals surface area contributed by atoms with Crippen LogP contribution in [0.15, 0.2) is 45.2 Å². The summed E-state index contributed by atoms with van der Waals surface area (Å²) < 4.78 is 0.750. The number of benzene rings is 1. The lowest BCUT2D eigenvalue weighted by Crippen LogP contribution is -2.45. The zero-order valence-electron chi connectivity index (χ0n) is 19.5. The second-order valence-electron chi connectivity index (χ2n) is 11.0. The van der Waals surface area contributed by atoms with Gasteiger partial charge in [0.2, 0.25) is 0 Å². The van der Waals surface area contributed by atoms with E-state index in [0.29, 0.717) is 42.4 Å². The summed E-state index contributed by atoms with van der Waals surface area (Å²) in [4.78, 5) is 40.6. The van der Waals surface area contributed by atoms with Crippen LogP contribution in [-0.2, 0) is 14.4 Å². The maximum atomic E-state index is 13.6. The summed E-state index contributed by atoms with van der Waals surface area (Å²) >= 11 is 3.47. The Kier molecular flexibility index (Phi) is 5.84. The van der Waals surface area contributed by atoms with Gasteiger partial charge in [0, 0.05) is 57.9 Å². The van der Waals surface area contributed by atoms with Gasteiger partial charge in [-0.3, -0.25) is 14.4 Å². The number of allylic oxidation sites excluding steroid dienone is 4. The Morgan fingerprint density at radius 3 is 2.00 bits per heavy atom. The third-order valence-electron chi connectivity index (χ3n) is 6.87. The van der Waals surface area contributed by atoms with E-state index in [-0.39, 0.29) is 41.1 Å². The predicted octanol–water partition coefficient (Wildman–Crippen LogP) is 5.32. The van der Waals surface area contributed by atoms with Crippen LogP contribution in [0.2, 0.25) is 0 Å². The normalized spacial score (nSPS) is 22.4. The van der Waals surface area contributed by atoms with E-state index < -0.39 is 11.9 Å². The third-order valence-corrected chi connectivity index (χ3v) is 7.36. The van der Waals surface area contributed by atoms with E-state index in [1.807, 2.05) is 32.6 Å². The Labute approximate surface area is 202 Å². The summed E-state index contributed by atoms with van der Waals surface area (Å²) in [6.45, 7) is 8.35. The molecule has 1 aliphatic heterocycles. The van der Waals surface area contributed by atoms with Crippen molar-refractivity contribution in [2.45, 2.75) is 65.7 Å². The highest BCUT2D eigenvalue weighted by Crippen LogP contribution is 2.55. The fourth-order valence-corrected chi connectivity index (χ4v) is 5.97. The van der Waals surface area contributed by atoms with Crippen molar-refractivity contribution in [3.05, 3.63) is 50.8 Å². The van der Waals surface area contributed by atoms with Crippen LogP contribution in [0.4, 0.5) is 0 Å². The fourth-order valence-electron chi connectivity index (χ4n) is 5.59. The van der Waals surface area contributed by atoms with Gasteiger partial charge in [-0.15, -0.1) is 0 Å². The van der Waals surface area contributed by atoms with Crippen LogP contribution in [0.3, 0.4) is 0 Å². The van der Waals surface area contributed by atoms with Gasteiger partial charge in [0.25, 0.3) is 0 Å². The summed E-state index contributed by atoms with van der Waals surface area (Å²) in [5, 5.41) is 20.2. The number of carboxylic acids is 1. The van der Waals surface area contributed by atoms with E-state index in [2.05, 4.69) is 15.9 Å². The molecule has 0 aromatic heterocycles. The standard InChI is InChI=1S/C26H30BrNO5/c1-25(2)10-16-23(19(30)12-25)22(15-9-14(27)5-6-18(15)29)24-17(28(16)8-7-21(32)33)11-26(3,4)13-20(24)31/h5-6,9,22,29H,7-8,10-13H2,1-4H3,(H,32,33). The first kappa shape index (κ1) is 23.7. The second kappa shape index (κ2) is 8.12. The van der Waals surface area contributed by atoms with Crippen LogP contribution >= 0.6 is 15.9 Å². The first-order valence-corrected chi connectivity index (χ1v) is 12.1. The van der Waals surface area contributed by atoms with Gasteiger partial charge in [0.15, 0.2) is 11.6 Å². The molecule has 176 valence electrons. The van der Waals surface area contributed by atoms with E-state index in [0.717, 1.165) is 15.9 Å². The lowest BCUT2D eigenvalue weighted by atomic mass is 9.63. The van der Waals surface area contributed by atoms with E-state index in [4.69, 9.17) is 0 Å². The number of hydrogen-bond donors (Lipinski definition) is 2. The summed E-state index contributed by atoms with van der Waals surface area (Å²) in [5.41, 5.74) is 2.61. The third kappa shape index (κ3) is 4.39. The second-order valence-corrected chi connectivity index (χ2v) is 11.9. The molecule has 4 rings (SSSR count). The van der Waals surface area contributed by atoms with Gasteiger partial charge >= 0.3 is 5.97 Å². The fraction of sp³-hybridized carbons (Fsp3) is 0.500. The molecule has 33 heavy (non-hydrogen) atoms. The summed E-state index contributed by atoms with van der Waals surface area (Å²) in [6, 6.07) is 5.08. The van der Waals surface area contributed by atoms with Crippen molar-refractivity contribution in [2.24, 2.45) is 10.8 Å². The minimum absolute atomic E-state index is 0.0381. The topological polar surface area (TPSA) is 94.9 Å². The molecule has 1 heterocycles. The van der Waals surface area contributed by atoms with Crippen LogP contribution in [0.25, 0.3) is 0 Å². The van der Waals surface area contributed by atoms with Gasteiger partial charge < -0.3 is 15.1 Å². The zero-order valence-corrected chi connectivity index (χ0v) is 21.1. The molecule has 0 fully saturated rings. The molecular weight excluding hydrogens is 486 g/mol. The number of aliphatic carboxylic acids is 1. The number of ketones is 2. The van der Waals surface area contributed by atoms with Crippen molar-refractivity contribution in [1.82, 2.24) is 4.90 Å². The molecule has 7 heteroatoms. The Hall–Kier alpha value is -2.41. The van der Waals surface area contributed by atoms with Crippen LogP contribution in [0.5, 0.6) is 5.75 Å². The molecule has 0 unspecified atom stereocenters. The Bertz CT molecular complexity index is 1070. The lowest BCUT2D eigenvalue weighted by Gasteiger charge is -2.49. The Morgan fingerprint density at radius 1 is 1.00 bits per heavy atom. The summed E-state index contributed by atoms with van der Waals surface area (Å²) in [6.07, 6.45) is 1.79. The molecule has 0 saturated heterocycles. The quantitative estimate of drug-likeness (QED) is 0.563. The monoisotopic (exact) mass is 515 g/mol. The Morgan fingerprint density at radius 2 is 1.52 bits per heavy atom. The molecule has 2 aliphatic carbocycles. The largest absolute Gasteiger partial charge is 0.508 e. The number of carbonyl (C=O) groups excluding carboxylic acids is 2. The van der Waals surface area contributed by atoms with Crippen molar-refractivity contribution >= 4 is 33.5 Å². The SMILES string of the molecule is CC1(C)CC(=O)C2=C(C1)N(CCC(=O)O)C1=C(C(=O)CC(C)(C)C1)C2c1cc(Br)ccc1O. The number of rotatable bonds is 4. The number of halogens is 1. The van der Waals surface area contributed by atoms with Gasteiger partial charge in [0.05, 0.1) is 6.42 Å². The molecule has 1 aromatic rings. The van der Waals surface area contributed by atoms with E-state index in [1.54, 1.807) is 18.2 Å². The van der Waals surface area contributed by atoms with Crippen LogP contribution in [0.1, 0.15) is 71.3 Å². The van der Waals surface area contributed by atoms with E-state index >= 15 is 0 Å². The molecule has 0 saturated carbocycles. The predicted molar refractivity (Wildman–Crippen MR) is 128 cm³/mol. The van der Waals surface area contributed by atoms with Crippen LogP contribution in [0, 0.1) is 10.8 Å². The highest BCUT2D eigenvalue weighted by Gasteiger charge is 2.49. The van der Waals surface area contributed by atoms with E-state index in [9.17, 15) is 24.6 Å². The van der Waals surface area contributed by atoms with Crippen molar-refractivity contribution < 1.29 is 24.6 Å². The number of carbonyl (C=O) groups is 3. The number of phenols is 1. The molecule has 0 radical (unpaired) electrons. The maximum absolute atomic E-state index is 13.6. The highest BCUT2D eigenvalue weighted by atomic mass is 79.9. The first-order chi connectivity index (χ1) is 15.3. The Balaban J connectivity index is 2.01. The molecule has 0 atom stereocenters. The number of hydrogen-bond acceptors (Lipinski definition) is 5. The minimum atomic E-state index is -0.922. The van der Waals surface area contributed by atoms with Crippen molar-refractivity contribution in [3.63, 3.8) is 0 Å². The lowest BCUT2D eigenvalue weighted by molar-refractivity contribution is -0.137. The van der Waals surface area contributed by atoms with Gasteiger partial charge in [-0.05, 0) is 41.9 Å². The van der Waals surface area contributed by atoms with Gasteiger partial charge in [-0.2, -0.15) is 0 Å². The van der Waals surface area contributed by atoms with Crippen molar-refractivity contribution in [1.29, 1.82) is 0 Å². The molecule has 2 N–H and O–H groups in total. The minimum Gasteiger partial charge on any atom is -0.508 e.